The van der Waals surface area contributed by atoms with Crippen LogP contribution < -0.4 is 0 Å². The number of nitrogens with zero attached hydrogens (tertiary/aromatic N) is 1. The summed E-state index contributed by atoms with van der Waals surface area (Å²) in [4.78, 5) is 11.5. The van der Waals surface area contributed by atoms with Gasteiger partial charge in [-0.2, -0.15) is 0 Å². The summed E-state index contributed by atoms with van der Waals surface area (Å²) in [5.41, 5.74) is 1.26. The van der Waals surface area contributed by atoms with Gasteiger partial charge in [0, 0.05) is 18.7 Å². The van der Waals surface area contributed by atoms with Gasteiger partial charge in [-0.25, -0.2) is 0 Å². The molecule has 2 aromatic rings. The third-order valence-corrected chi connectivity index (χ3v) is 5.96. The number of rotatable bonds is 5. The van der Waals surface area contributed by atoms with Crippen molar-refractivity contribution in [3.63, 3.8) is 0 Å². The summed E-state index contributed by atoms with van der Waals surface area (Å²) < 4.78 is 17.5. The minimum absolute atomic E-state index is 0.0236. The normalized spacial score (nSPS) is 18.5. The van der Waals surface area contributed by atoms with E-state index in [2.05, 4.69) is 5.16 Å². The lowest BCUT2D eigenvalue weighted by Crippen LogP contribution is -2.41. The molecular formula is C20H24BNO5S. The Bertz CT molecular complexity index is 876. The molecule has 0 aliphatic carbocycles. The van der Waals surface area contributed by atoms with Crippen LogP contribution in [-0.2, 0) is 14.1 Å². The predicted molar refractivity (Wildman–Crippen MR) is 111 cm³/mol. The van der Waals surface area contributed by atoms with Gasteiger partial charge in [0.2, 0.25) is 0 Å². The molecule has 0 saturated carbocycles. The number of carbonyl (C=O) groups excluding carboxylic acids is 1. The molecule has 1 saturated heterocycles. The summed E-state index contributed by atoms with van der Waals surface area (Å²) in [7, 11) is -0.556. The molecule has 1 aliphatic heterocycles. The lowest BCUT2D eigenvalue weighted by Gasteiger charge is -2.32. The van der Waals surface area contributed by atoms with Gasteiger partial charge in [0.05, 0.1) is 23.0 Å². The van der Waals surface area contributed by atoms with Crippen LogP contribution in [0.4, 0.5) is 0 Å². The molecule has 0 spiro atoms. The number of hydrogen-bond acceptors (Lipinski definition) is 7. The highest BCUT2D eigenvalue weighted by Crippen LogP contribution is 2.39. The van der Waals surface area contributed by atoms with Gasteiger partial charge >= 0.3 is 7.12 Å². The number of phenols is 1. The molecule has 0 amide bonds. The maximum Gasteiger partial charge on any atom is 0.491 e. The average molecular weight is 401 g/mol. The molecule has 6 nitrogen and oxygen atoms in total. The second-order valence-electron chi connectivity index (χ2n) is 7.74. The van der Waals surface area contributed by atoms with Crippen molar-refractivity contribution in [3.05, 3.63) is 41.5 Å². The van der Waals surface area contributed by atoms with Gasteiger partial charge < -0.3 is 18.9 Å². The van der Waals surface area contributed by atoms with Crippen molar-refractivity contribution in [1.82, 2.24) is 5.16 Å². The molecule has 0 radical (unpaired) electrons. The molecule has 148 valence electrons. The molecule has 1 aromatic heterocycles. The summed E-state index contributed by atoms with van der Waals surface area (Å²) in [5.74, 6) is 1.03. The van der Waals surface area contributed by atoms with Crippen molar-refractivity contribution in [1.29, 1.82) is 0 Å². The first-order valence-corrected chi connectivity index (χ1v) is 10.0. The second-order valence-corrected chi connectivity index (χ2v) is 8.89. The predicted octanol–water partition coefficient (Wildman–Crippen LogP) is 4.34. The topological polar surface area (TPSA) is 81.8 Å². The first kappa shape index (κ1) is 20.7. The van der Waals surface area contributed by atoms with Crippen LogP contribution in [0.1, 0.15) is 40.2 Å². The van der Waals surface area contributed by atoms with E-state index in [1.807, 2.05) is 33.8 Å². The molecule has 0 bridgehead atoms. The Balaban J connectivity index is 1.96. The molecular weight excluding hydrogens is 377 g/mol. The van der Waals surface area contributed by atoms with Gasteiger partial charge in [0.25, 0.3) is 0 Å². The van der Waals surface area contributed by atoms with Crippen LogP contribution in [0.15, 0.2) is 40.5 Å². The van der Waals surface area contributed by atoms with Crippen LogP contribution in [0.3, 0.4) is 0 Å². The number of phenolic OH excluding ortho intramolecular Hbond substituents is 1. The second kappa shape index (κ2) is 7.77. The van der Waals surface area contributed by atoms with E-state index in [1.54, 1.807) is 24.3 Å². The fraction of sp³-hybridized carbons (Fsp3) is 0.400. The van der Waals surface area contributed by atoms with Crippen LogP contribution in [0.2, 0.25) is 0 Å². The van der Waals surface area contributed by atoms with Gasteiger partial charge in [-0.05, 0) is 50.9 Å². The van der Waals surface area contributed by atoms with Crippen molar-refractivity contribution in [2.75, 3.05) is 5.75 Å². The van der Waals surface area contributed by atoms with Gasteiger partial charge in [-0.3, -0.25) is 4.79 Å². The molecule has 1 fully saturated rings. The van der Waals surface area contributed by atoms with Crippen molar-refractivity contribution in [3.8, 4) is 17.1 Å². The molecule has 0 unspecified atom stereocenters. The summed E-state index contributed by atoms with van der Waals surface area (Å²) in [6, 6.07) is 6.88. The van der Waals surface area contributed by atoms with E-state index in [4.69, 9.17) is 13.8 Å². The van der Waals surface area contributed by atoms with E-state index >= 15 is 0 Å². The summed E-state index contributed by atoms with van der Waals surface area (Å²) in [5, 5.41) is 13.9. The highest BCUT2D eigenvalue weighted by Gasteiger charge is 2.52. The zero-order valence-electron chi connectivity index (χ0n) is 16.7. The molecule has 0 atom stereocenters. The van der Waals surface area contributed by atoms with E-state index in [1.165, 1.54) is 24.9 Å². The van der Waals surface area contributed by atoms with Gasteiger partial charge in [-0.15, -0.1) is 0 Å². The largest absolute Gasteiger partial charge is 0.507 e. The molecule has 1 aromatic carbocycles. The fourth-order valence-corrected chi connectivity index (χ4v) is 3.36. The number of carbonyl (C=O) groups is 1. The Morgan fingerprint density at radius 2 is 1.89 bits per heavy atom. The Morgan fingerprint density at radius 1 is 1.21 bits per heavy atom. The fourth-order valence-electron chi connectivity index (χ4n) is 2.77. The highest BCUT2D eigenvalue weighted by molar-refractivity contribution is 8.13. The van der Waals surface area contributed by atoms with E-state index in [9.17, 15) is 9.90 Å². The third kappa shape index (κ3) is 4.34. The maximum absolute atomic E-state index is 11.5. The Morgan fingerprint density at radius 3 is 2.46 bits per heavy atom. The quantitative estimate of drug-likeness (QED) is 0.747. The van der Waals surface area contributed by atoms with Crippen LogP contribution in [0.5, 0.6) is 5.75 Å². The summed E-state index contributed by atoms with van der Waals surface area (Å²) in [6.45, 7) is 9.50. The van der Waals surface area contributed by atoms with Crippen LogP contribution in [0, 0.1) is 0 Å². The number of benzene rings is 1. The van der Waals surface area contributed by atoms with Crippen LogP contribution >= 0.6 is 11.8 Å². The monoisotopic (exact) mass is 401 g/mol. The molecule has 3 rings (SSSR count). The summed E-state index contributed by atoms with van der Waals surface area (Å²) >= 11 is 1.21. The van der Waals surface area contributed by atoms with Crippen LogP contribution in [-0.4, -0.2) is 39.5 Å². The van der Waals surface area contributed by atoms with E-state index in [0.717, 1.165) is 11.0 Å². The number of hydrogen-bond donors (Lipinski definition) is 1. The zero-order valence-corrected chi connectivity index (χ0v) is 17.5. The van der Waals surface area contributed by atoms with Crippen molar-refractivity contribution < 1.29 is 23.7 Å². The minimum Gasteiger partial charge on any atom is -0.507 e. The summed E-state index contributed by atoms with van der Waals surface area (Å²) in [6.07, 6.45) is 3.45. The lowest BCUT2D eigenvalue weighted by molar-refractivity contribution is -0.109. The molecule has 28 heavy (non-hydrogen) atoms. The Hall–Kier alpha value is -2.03. The van der Waals surface area contributed by atoms with Crippen LogP contribution in [0.25, 0.3) is 17.4 Å². The van der Waals surface area contributed by atoms with Gasteiger partial charge in [0.1, 0.15) is 5.75 Å². The Kier molecular flexibility index (Phi) is 5.75. The number of thioether (sulfide) groups is 1. The zero-order chi connectivity index (χ0) is 20.5. The lowest BCUT2D eigenvalue weighted by atomic mass is 9.78. The Labute approximate surface area is 169 Å². The van der Waals surface area contributed by atoms with E-state index in [0.29, 0.717) is 17.1 Å². The average Bonchev–Trinajstić information content (AvgIpc) is 3.19. The number of aromatic nitrogens is 1. The van der Waals surface area contributed by atoms with Crippen molar-refractivity contribution in [2.45, 2.75) is 45.8 Å². The molecule has 8 heteroatoms. The van der Waals surface area contributed by atoms with E-state index in [-0.39, 0.29) is 10.9 Å². The first-order chi connectivity index (χ1) is 13.1. The standard InChI is InChI=1S/C20H24BNO5S/c1-13(23)28-12-15(21-26-19(2,3)20(4,5)27-21)10-14-6-7-17(24)16(11-14)18-8-9-22-25-18/h6-11,24H,12H2,1-5H3. The molecule has 2 heterocycles. The minimum atomic E-state index is -0.556. The maximum atomic E-state index is 11.5. The molecule has 1 N–H and O–H groups in total. The van der Waals surface area contributed by atoms with Crippen molar-refractivity contribution in [2.24, 2.45) is 0 Å². The van der Waals surface area contributed by atoms with Gasteiger partial charge in [-0.1, -0.05) is 29.1 Å². The molecule has 1 aliphatic rings. The first-order valence-electron chi connectivity index (χ1n) is 9.02. The third-order valence-electron chi connectivity index (χ3n) is 5.07. The smallest absolute Gasteiger partial charge is 0.491 e. The van der Waals surface area contributed by atoms with Crippen molar-refractivity contribution >= 4 is 30.1 Å². The number of aromatic hydroxyl groups is 1. The van der Waals surface area contributed by atoms with E-state index < -0.39 is 18.3 Å². The highest BCUT2D eigenvalue weighted by atomic mass is 32.2. The van der Waals surface area contributed by atoms with Gasteiger partial charge in [0.15, 0.2) is 10.9 Å². The SMILES string of the molecule is CC(=O)SCC(=Cc1ccc(O)c(-c2ccno2)c1)B1OC(C)(C)C(C)(C)O1.